The first kappa shape index (κ1) is 11.8. The maximum Gasteiger partial charge on any atom is 0.144 e. The smallest absolute Gasteiger partial charge is 0.144 e. The van der Waals surface area contributed by atoms with E-state index in [-0.39, 0.29) is 5.82 Å². The highest BCUT2D eigenvalue weighted by Gasteiger charge is 2.11. The van der Waals surface area contributed by atoms with Crippen LogP contribution in [0.5, 0.6) is 0 Å². The molecule has 0 radical (unpaired) electrons. The largest absolute Gasteiger partial charge is 0.308 e. The van der Waals surface area contributed by atoms with Crippen molar-refractivity contribution in [3.63, 3.8) is 0 Å². The number of aryl methyl sites for hydroxylation is 1. The molecular weight excluding hydrogens is 217 g/mol. The van der Waals surface area contributed by atoms with Gasteiger partial charge in [0.15, 0.2) is 0 Å². The Bertz CT molecular complexity index is 564. The van der Waals surface area contributed by atoms with Crippen LogP contribution in [0.2, 0.25) is 0 Å². The van der Waals surface area contributed by atoms with E-state index in [4.69, 9.17) is 5.84 Å². The molecule has 0 aliphatic heterocycles. The minimum absolute atomic E-state index is 0.275. The molecule has 0 atom stereocenters. The van der Waals surface area contributed by atoms with Gasteiger partial charge in [-0.15, -0.1) is 0 Å². The van der Waals surface area contributed by atoms with Crippen LogP contribution in [0.15, 0.2) is 18.2 Å². The summed E-state index contributed by atoms with van der Waals surface area (Å²) < 4.78 is 13.3. The molecule has 0 aliphatic carbocycles. The summed E-state index contributed by atoms with van der Waals surface area (Å²) in [5.41, 5.74) is 5.12. The van der Waals surface area contributed by atoms with E-state index in [0.717, 1.165) is 16.5 Å². The van der Waals surface area contributed by atoms with Crippen molar-refractivity contribution in [1.82, 2.24) is 4.98 Å². The van der Waals surface area contributed by atoms with E-state index >= 15 is 0 Å². The third kappa shape index (κ3) is 2.08. The number of hydrogen-bond donors (Lipinski definition) is 2. The Hall–Kier alpha value is -1.68. The average molecular weight is 233 g/mol. The number of nitrogens with two attached hydrogens (primary N) is 1. The van der Waals surface area contributed by atoms with Gasteiger partial charge in [0.05, 0.1) is 5.52 Å². The van der Waals surface area contributed by atoms with Crippen molar-refractivity contribution in [2.24, 2.45) is 5.84 Å². The van der Waals surface area contributed by atoms with Crippen LogP contribution in [0.1, 0.15) is 30.9 Å². The van der Waals surface area contributed by atoms with Gasteiger partial charge in [0, 0.05) is 11.5 Å². The van der Waals surface area contributed by atoms with Crippen molar-refractivity contribution in [3.05, 3.63) is 35.1 Å². The van der Waals surface area contributed by atoms with Crippen molar-refractivity contribution in [3.8, 4) is 0 Å². The zero-order valence-electron chi connectivity index (χ0n) is 10.2. The molecule has 1 aromatic carbocycles. The minimum atomic E-state index is -0.275. The lowest BCUT2D eigenvalue weighted by molar-refractivity contribution is 0.628. The van der Waals surface area contributed by atoms with Crippen molar-refractivity contribution < 1.29 is 4.39 Å². The molecule has 0 amide bonds. The maximum atomic E-state index is 13.3. The number of fused-ring (bicyclic) bond motifs is 1. The lowest BCUT2D eigenvalue weighted by atomic mass is 10.00. The van der Waals surface area contributed by atoms with Crippen LogP contribution in [-0.4, -0.2) is 4.98 Å². The monoisotopic (exact) mass is 233 g/mol. The number of hydrazine groups is 1. The van der Waals surface area contributed by atoms with Gasteiger partial charge in [-0.1, -0.05) is 13.8 Å². The van der Waals surface area contributed by atoms with E-state index in [1.54, 1.807) is 0 Å². The van der Waals surface area contributed by atoms with Gasteiger partial charge >= 0.3 is 0 Å². The zero-order valence-corrected chi connectivity index (χ0v) is 10.2. The summed E-state index contributed by atoms with van der Waals surface area (Å²) in [6.07, 6.45) is 0. The summed E-state index contributed by atoms with van der Waals surface area (Å²) in [6.45, 7) is 6.03. The Morgan fingerprint density at radius 1 is 1.29 bits per heavy atom. The third-order valence-electron chi connectivity index (χ3n) is 2.89. The Morgan fingerprint density at radius 2 is 2.00 bits per heavy atom. The van der Waals surface area contributed by atoms with E-state index in [1.807, 2.05) is 13.0 Å². The summed E-state index contributed by atoms with van der Waals surface area (Å²) in [5.74, 6) is 6.09. The highest BCUT2D eigenvalue weighted by Crippen LogP contribution is 2.28. The fraction of sp³-hybridized carbons (Fsp3) is 0.308. The molecule has 1 aromatic heterocycles. The molecule has 0 fully saturated rings. The third-order valence-corrected chi connectivity index (χ3v) is 2.89. The van der Waals surface area contributed by atoms with Crippen LogP contribution in [0.3, 0.4) is 0 Å². The molecule has 0 aliphatic rings. The summed E-state index contributed by atoms with van der Waals surface area (Å²) in [5, 5.41) is 0.967. The number of nitrogens with one attached hydrogen (secondary N) is 1. The second-order valence-electron chi connectivity index (χ2n) is 4.51. The van der Waals surface area contributed by atoms with Gasteiger partial charge < -0.3 is 5.43 Å². The number of aromatic nitrogens is 1. The van der Waals surface area contributed by atoms with Crippen molar-refractivity contribution >= 4 is 16.7 Å². The molecule has 90 valence electrons. The standard InChI is InChI=1S/C13H16FN3/c1-7(2)10-6-11-8(3)4-9(14)5-12(11)16-13(10)17-15/h4-7H,15H2,1-3H3,(H,16,17). The Labute approximate surface area is 99.8 Å². The number of benzene rings is 1. The van der Waals surface area contributed by atoms with Gasteiger partial charge in [-0.3, -0.25) is 0 Å². The molecule has 0 saturated carbocycles. The number of rotatable bonds is 2. The minimum Gasteiger partial charge on any atom is -0.308 e. The molecule has 0 saturated heterocycles. The highest BCUT2D eigenvalue weighted by atomic mass is 19.1. The van der Waals surface area contributed by atoms with Gasteiger partial charge in [-0.2, -0.15) is 0 Å². The lowest BCUT2D eigenvalue weighted by Crippen LogP contribution is -2.12. The van der Waals surface area contributed by atoms with E-state index in [0.29, 0.717) is 17.3 Å². The second kappa shape index (κ2) is 4.30. The van der Waals surface area contributed by atoms with Crippen molar-refractivity contribution in [1.29, 1.82) is 0 Å². The normalized spacial score (nSPS) is 11.2. The van der Waals surface area contributed by atoms with Crippen LogP contribution in [-0.2, 0) is 0 Å². The summed E-state index contributed by atoms with van der Waals surface area (Å²) in [6, 6.07) is 4.97. The Balaban J connectivity index is 2.78. The number of hydrogen-bond acceptors (Lipinski definition) is 3. The van der Waals surface area contributed by atoms with Crippen LogP contribution >= 0.6 is 0 Å². The molecule has 4 heteroatoms. The van der Waals surface area contributed by atoms with Crippen LogP contribution < -0.4 is 11.3 Å². The molecular formula is C13H16FN3. The first-order valence-corrected chi connectivity index (χ1v) is 5.60. The molecule has 17 heavy (non-hydrogen) atoms. The first-order chi connectivity index (χ1) is 8.02. The lowest BCUT2D eigenvalue weighted by Gasteiger charge is -2.13. The van der Waals surface area contributed by atoms with Gasteiger partial charge in [0.2, 0.25) is 0 Å². The summed E-state index contributed by atoms with van der Waals surface area (Å²) in [7, 11) is 0. The molecule has 1 heterocycles. The van der Waals surface area contributed by atoms with E-state index in [2.05, 4.69) is 24.3 Å². The van der Waals surface area contributed by atoms with E-state index < -0.39 is 0 Å². The average Bonchev–Trinajstić information content (AvgIpc) is 2.26. The van der Waals surface area contributed by atoms with E-state index in [1.165, 1.54) is 12.1 Å². The van der Waals surface area contributed by atoms with Gasteiger partial charge in [-0.05, 0) is 36.1 Å². The Kier molecular flexibility index (Phi) is 2.98. The number of nitrogen functional groups attached to an aromatic ring is 1. The topological polar surface area (TPSA) is 50.9 Å². The van der Waals surface area contributed by atoms with Gasteiger partial charge in [0.1, 0.15) is 11.6 Å². The van der Waals surface area contributed by atoms with E-state index in [9.17, 15) is 4.39 Å². The molecule has 2 aromatic rings. The fourth-order valence-corrected chi connectivity index (χ4v) is 1.98. The quantitative estimate of drug-likeness (QED) is 0.619. The molecule has 3 nitrogen and oxygen atoms in total. The summed E-state index contributed by atoms with van der Waals surface area (Å²) in [4.78, 5) is 4.36. The Morgan fingerprint density at radius 3 is 2.59 bits per heavy atom. The van der Waals surface area contributed by atoms with Crippen molar-refractivity contribution in [2.75, 3.05) is 5.43 Å². The van der Waals surface area contributed by atoms with Gasteiger partial charge in [0.25, 0.3) is 0 Å². The predicted octanol–water partition coefficient (Wildman–Crippen LogP) is 3.09. The molecule has 0 bridgehead atoms. The van der Waals surface area contributed by atoms with Crippen LogP contribution in [0, 0.1) is 12.7 Å². The van der Waals surface area contributed by atoms with Gasteiger partial charge in [-0.25, -0.2) is 15.2 Å². The fourth-order valence-electron chi connectivity index (χ4n) is 1.98. The van der Waals surface area contributed by atoms with Crippen LogP contribution in [0.25, 0.3) is 10.9 Å². The second-order valence-corrected chi connectivity index (χ2v) is 4.51. The summed E-state index contributed by atoms with van der Waals surface area (Å²) >= 11 is 0. The molecule has 3 N–H and O–H groups in total. The number of halogens is 1. The van der Waals surface area contributed by atoms with Crippen molar-refractivity contribution in [2.45, 2.75) is 26.7 Å². The predicted molar refractivity (Wildman–Crippen MR) is 68.3 cm³/mol. The molecule has 0 spiro atoms. The maximum absolute atomic E-state index is 13.3. The molecule has 0 unspecified atom stereocenters. The SMILES string of the molecule is Cc1cc(F)cc2nc(NN)c(C(C)C)cc12. The number of anilines is 1. The zero-order chi connectivity index (χ0) is 12.6. The number of nitrogens with zero attached hydrogens (tertiary/aromatic N) is 1. The van der Waals surface area contributed by atoms with Crippen LogP contribution in [0.4, 0.5) is 10.2 Å². The molecule has 2 rings (SSSR count). The highest BCUT2D eigenvalue weighted by molar-refractivity contribution is 5.85. The number of pyridine rings is 1. The first-order valence-electron chi connectivity index (χ1n) is 5.60.